The second kappa shape index (κ2) is 11.2. The van der Waals surface area contributed by atoms with Crippen LogP contribution in [0.25, 0.3) is 0 Å². The molecule has 0 radical (unpaired) electrons. The average molecular weight is 545 g/mol. The molecule has 1 amide bonds. The van der Waals surface area contributed by atoms with Gasteiger partial charge < -0.3 is 19.7 Å². The van der Waals surface area contributed by atoms with Gasteiger partial charge in [0.05, 0.1) is 0 Å². The third-order valence-electron chi connectivity index (χ3n) is 11.6. The van der Waals surface area contributed by atoms with Crippen LogP contribution in [0.1, 0.15) is 93.4 Å². The van der Waals surface area contributed by atoms with Gasteiger partial charge in [0.15, 0.2) is 0 Å². The SMILES string of the molecule is CC(=O)O[C@H]1[C@@H](NC(=O)C=C(C)C)[C@H](OC(C)=O)C[C@]2(C)[C@H]3CC[C@]4(C)[C@@H](C(C)N(C)C)CC[C@H]4[C@@H]3CC[C@@H]12. The van der Waals surface area contributed by atoms with Crippen molar-refractivity contribution in [3.8, 4) is 0 Å². The summed E-state index contributed by atoms with van der Waals surface area (Å²) in [4.78, 5) is 39.9. The first-order valence-corrected chi connectivity index (χ1v) is 15.1. The van der Waals surface area contributed by atoms with Gasteiger partial charge in [0.2, 0.25) is 5.91 Å². The fourth-order valence-corrected chi connectivity index (χ4v) is 9.86. The second-order valence-electron chi connectivity index (χ2n) is 14.2. The van der Waals surface area contributed by atoms with E-state index in [1.165, 1.54) is 33.1 Å². The Morgan fingerprint density at radius 3 is 2.08 bits per heavy atom. The first-order valence-electron chi connectivity index (χ1n) is 15.1. The number of amides is 1. The summed E-state index contributed by atoms with van der Waals surface area (Å²) in [7, 11) is 4.41. The van der Waals surface area contributed by atoms with E-state index >= 15 is 0 Å². The van der Waals surface area contributed by atoms with Crippen molar-refractivity contribution in [3.05, 3.63) is 11.6 Å². The monoisotopic (exact) mass is 544 g/mol. The van der Waals surface area contributed by atoms with Crippen LogP contribution < -0.4 is 5.32 Å². The standard InChI is InChI=1S/C32H52N2O5/c1-18(2)16-28(37)33-29-27(38-20(4)35)17-32(7)25-14-15-31(6)23(19(3)34(8)9)12-13-24(31)22(25)10-11-26(32)30(29)39-21(5)36/h16,19,22-27,29-30H,10-15,17H2,1-9H3,(H,33,37)/t19?,22-,23+,24-,25-,26-,27+,29-,30+,31+,32+/m0/s1. The highest BCUT2D eigenvalue weighted by atomic mass is 16.6. The van der Waals surface area contributed by atoms with Crippen LogP contribution in [-0.2, 0) is 23.9 Å². The number of rotatable bonds is 6. The third-order valence-corrected chi connectivity index (χ3v) is 11.6. The fourth-order valence-electron chi connectivity index (χ4n) is 9.86. The lowest BCUT2D eigenvalue weighted by Gasteiger charge is -2.63. The number of hydrogen-bond donors (Lipinski definition) is 1. The van der Waals surface area contributed by atoms with Gasteiger partial charge in [-0.25, -0.2) is 0 Å². The molecular formula is C32H52N2O5. The Morgan fingerprint density at radius 1 is 0.872 bits per heavy atom. The minimum Gasteiger partial charge on any atom is -0.460 e. The van der Waals surface area contributed by atoms with Crippen molar-refractivity contribution in [1.29, 1.82) is 0 Å². The van der Waals surface area contributed by atoms with E-state index in [-0.39, 0.29) is 29.2 Å². The van der Waals surface area contributed by atoms with Crippen LogP contribution in [0.2, 0.25) is 0 Å². The maximum absolute atomic E-state index is 12.9. The number of allylic oxidation sites excluding steroid dienone is 1. The zero-order chi connectivity index (χ0) is 28.9. The van der Waals surface area contributed by atoms with Crippen LogP contribution in [0.15, 0.2) is 11.6 Å². The molecule has 0 heterocycles. The Balaban J connectivity index is 1.68. The van der Waals surface area contributed by atoms with Crippen molar-refractivity contribution in [2.45, 2.75) is 118 Å². The van der Waals surface area contributed by atoms with Gasteiger partial charge in [-0.3, -0.25) is 14.4 Å². The smallest absolute Gasteiger partial charge is 0.302 e. The van der Waals surface area contributed by atoms with Crippen LogP contribution in [0.5, 0.6) is 0 Å². The van der Waals surface area contributed by atoms with E-state index in [1.807, 2.05) is 13.8 Å². The van der Waals surface area contributed by atoms with Gasteiger partial charge in [0.25, 0.3) is 0 Å². The molecule has 4 aliphatic carbocycles. The Hall–Kier alpha value is -1.89. The predicted octanol–water partition coefficient (Wildman–Crippen LogP) is 5.13. The number of ether oxygens (including phenoxy) is 2. The van der Waals surface area contributed by atoms with Crippen molar-refractivity contribution >= 4 is 17.8 Å². The molecule has 4 aliphatic rings. The molecule has 0 saturated heterocycles. The average Bonchev–Trinajstić information content (AvgIpc) is 3.16. The molecule has 4 fully saturated rings. The molecule has 7 heteroatoms. The Labute approximate surface area is 235 Å². The second-order valence-corrected chi connectivity index (χ2v) is 14.2. The summed E-state index contributed by atoms with van der Waals surface area (Å²) in [6.07, 6.45) is 8.16. The Kier molecular flexibility index (Phi) is 8.62. The zero-order valence-electron chi connectivity index (χ0n) is 25.7. The molecule has 0 aromatic heterocycles. The number of esters is 2. The Morgan fingerprint density at radius 2 is 1.49 bits per heavy atom. The maximum Gasteiger partial charge on any atom is 0.302 e. The summed E-state index contributed by atoms with van der Waals surface area (Å²) in [6.45, 7) is 13.9. The van der Waals surface area contributed by atoms with Crippen molar-refractivity contribution in [3.63, 3.8) is 0 Å². The molecule has 11 atom stereocenters. The molecule has 39 heavy (non-hydrogen) atoms. The lowest BCUT2D eigenvalue weighted by molar-refractivity contribution is -0.204. The molecule has 0 spiro atoms. The van der Waals surface area contributed by atoms with Gasteiger partial charge in [-0.05, 0) is 114 Å². The third kappa shape index (κ3) is 5.54. The lowest BCUT2D eigenvalue weighted by atomic mass is 9.43. The number of nitrogens with one attached hydrogen (secondary N) is 1. The summed E-state index contributed by atoms with van der Waals surface area (Å²) < 4.78 is 12.0. The van der Waals surface area contributed by atoms with E-state index in [4.69, 9.17) is 9.47 Å². The summed E-state index contributed by atoms with van der Waals surface area (Å²) in [5, 5.41) is 3.08. The molecule has 4 rings (SSSR count). The van der Waals surface area contributed by atoms with Crippen LogP contribution in [0.4, 0.5) is 0 Å². The number of fused-ring (bicyclic) bond motifs is 5. The van der Waals surface area contributed by atoms with Crippen LogP contribution in [0, 0.1) is 40.4 Å². The topological polar surface area (TPSA) is 84.9 Å². The van der Waals surface area contributed by atoms with Crippen molar-refractivity contribution < 1.29 is 23.9 Å². The molecule has 7 nitrogen and oxygen atoms in total. The molecule has 1 unspecified atom stereocenters. The van der Waals surface area contributed by atoms with Crippen molar-refractivity contribution in [2.75, 3.05) is 14.1 Å². The molecule has 4 saturated carbocycles. The summed E-state index contributed by atoms with van der Waals surface area (Å²) in [5.41, 5.74) is 1.08. The molecule has 0 aliphatic heterocycles. The van der Waals surface area contributed by atoms with Crippen LogP contribution in [0.3, 0.4) is 0 Å². The zero-order valence-corrected chi connectivity index (χ0v) is 25.7. The van der Waals surface area contributed by atoms with Gasteiger partial charge in [0.1, 0.15) is 18.2 Å². The number of nitrogens with zero attached hydrogens (tertiary/aromatic N) is 1. The van der Waals surface area contributed by atoms with Crippen molar-refractivity contribution in [1.82, 2.24) is 10.2 Å². The van der Waals surface area contributed by atoms with Gasteiger partial charge >= 0.3 is 11.9 Å². The van der Waals surface area contributed by atoms with Gasteiger partial charge in [-0.2, -0.15) is 0 Å². The van der Waals surface area contributed by atoms with Gasteiger partial charge in [0, 0.05) is 31.9 Å². The van der Waals surface area contributed by atoms with Gasteiger partial charge in [-0.15, -0.1) is 0 Å². The first kappa shape index (κ1) is 30.1. The van der Waals surface area contributed by atoms with E-state index in [0.29, 0.717) is 41.5 Å². The lowest BCUT2D eigenvalue weighted by Crippen LogP contribution is -2.67. The molecule has 1 N–H and O–H groups in total. The Bertz CT molecular complexity index is 989. The number of carbonyl (C=O) groups is 3. The highest BCUT2D eigenvalue weighted by molar-refractivity contribution is 5.88. The molecule has 220 valence electrons. The number of carbonyl (C=O) groups excluding carboxylic acids is 3. The van der Waals surface area contributed by atoms with Crippen LogP contribution >= 0.6 is 0 Å². The molecular weight excluding hydrogens is 492 g/mol. The molecule has 0 aromatic carbocycles. The van der Waals surface area contributed by atoms with E-state index in [9.17, 15) is 14.4 Å². The highest BCUT2D eigenvalue weighted by Gasteiger charge is 2.64. The van der Waals surface area contributed by atoms with E-state index in [2.05, 4.69) is 45.1 Å². The minimum absolute atomic E-state index is 0.105. The first-order chi connectivity index (χ1) is 18.2. The minimum atomic E-state index is -0.568. The summed E-state index contributed by atoms with van der Waals surface area (Å²) in [6, 6.07) is -0.00814. The van der Waals surface area contributed by atoms with E-state index < -0.39 is 18.2 Å². The van der Waals surface area contributed by atoms with Crippen molar-refractivity contribution in [2.24, 2.45) is 40.4 Å². The maximum atomic E-state index is 12.9. The van der Waals surface area contributed by atoms with Gasteiger partial charge in [-0.1, -0.05) is 19.4 Å². The fraction of sp³-hybridized carbons (Fsp3) is 0.844. The highest BCUT2D eigenvalue weighted by Crippen LogP contribution is 2.68. The molecule has 0 aromatic rings. The van der Waals surface area contributed by atoms with Crippen LogP contribution in [-0.4, -0.2) is 61.1 Å². The summed E-state index contributed by atoms with van der Waals surface area (Å²) >= 11 is 0. The normalized spacial score (nSPS) is 41.9. The quantitative estimate of drug-likeness (QED) is 0.369. The van der Waals surface area contributed by atoms with E-state index in [0.717, 1.165) is 24.8 Å². The predicted molar refractivity (Wildman–Crippen MR) is 152 cm³/mol. The summed E-state index contributed by atoms with van der Waals surface area (Å²) in [5.74, 6) is 1.63. The molecule has 0 bridgehead atoms. The van der Waals surface area contributed by atoms with E-state index in [1.54, 1.807) is 6.08 Å². The largest absolute Gasteiger partial charge is 0.460 e. The number of hydrogen-bond acceptors (Lipinski definition) is 6.